The molecule has 0 heterocycles. The molecule has 0 aliphatic rings. The van der Waals surface area contributed by atoms with Crippen molar-refractivity contribution in [2.75, 3.05) is 0 Å². The Morgan fingerprint density at radius 3 is 1.78 bits per heavy atom. The van der Waals surface area contributed by atoms with Crippen molar-refractivity contribution in [2.24, 2.45) is 0 Å². The van der Waals surface area contributed by atoms with Crippen LogP contribution in [0.25, 0.3) is 0 Å². The molecular weight excluding hydrogens is 344 g/mol. The lowest BCUT2D eigenvalue weighted by atomic mass is 9.89. The molecular formula is C25H28OSi. The Balaban J connectivity index is 1.86. The number of hydrogen-bond donors (Lipinski definition) is 1. The molecule has 3 aromatic rings. The monoisotopic (exact) mass is 372 g/mol. The highest BCUT2D eigenvalue weighted by Crippen LogP contribution is 2.32. The maximum atomic E-state index is 11.1. The van der Waals surface area contributed by atoms with Crippen molar-refractivity contribution in [1.82, 2.24) is 0 Å². The Hall–Kier alpha value is -2.42. The molecule has 0 saturated heterocycles. The van der Waals surface area contributed by atoms with E-state index in [-0.39, 0.29) is 5.92 Å². The highest BCUT2D eigenvalue weighted by Gasteiger charge is 2.23. The van der Waals surface area contributed by atoms with Crippen LogP contribution in [0.3, 0.4) is 0 Å². The molecule has 0 amide bonds. The summed E-state index contributed by atoms with van der Waals surface area (Å²) in [5.41, 5.74) is 5.89. The largest absolute Gasteiger partial charge is 0.387 e. The first kappa shape index (κ1) is 19.3. The van der Waals surface area contributed by atoms with Gasteiger partial charge in [0.05, 0.1) is 14.2 Å². The summed E-state index contributed by atoms with van der Waals surface area (Å²) in [6.45, 7) is 4.76. The van der Waals surface area contributed by atoms with Gasteiger partial charge in [-0.25, -0.2) is 0 Å². The highest BCUT2D eigenvalue weighted by atomic mass is 28.3. The molecule has 0 radical (unpaired) electrons. The molecule has 0 bridgehead atoms. The molecule has 0 unspecified atom stereocenters. The maximum Gasteiger partial charge on any atom is 0.0892 e. The van der Waals surface area contributed by atoms with Gasteiger partial charge in [-0.3, -0.25) is 0 Å². The summed E-state index contributed by atoms with van der Waals surface area (Å²) in [7, 11) is -1.58. The molecule has 27 heavy (non-hydrogen) atoms. The number of aliphatic hydroxyl groups excluding tert-OH is 1. The second-order valence-electron chi connectivity index (χ2n) is 7.80. The van der Waals surface area contributed by atoms with E-state index < -0.39 is 14.2 Å². The SMILES string of the molecule is C[Si](C)(/C=C/[C@@H](c1ccccc1)[C@@H](O)c1ccccc1)Cc1ccccc1. The van der Waals surface area contributed by atoms with Crippen LogP contribution in [-0.2, 0) is 6.04 Å². The van der Waals surface area contributed by atoms with Crippen LogP contribution < -0.4 is 0 Å². The van der Waals surface area contributed by atoms with Crippen molar-refractivity contribution >= 4 is 8.07 Å². The second-order valence-corrected chi connectivity index (χ2v) is 12.5. The van der Waals surface area contributed by atoms with E-state index in [1.54, 1.807) is 0 Å². The fourth-order valence-corrected chi connectivity index (χ4v) is 5.61. The van der Waals surface area contributed by atoms with Crippen molar-refractivity contribution in [3.8, 4) is 0 Å². The summed E-state index contributed by atoms with van der Waals surface area (Å²) in [4.78, 5) is 0. The predicted molar refractivity (Wildman–Crippen MR) is 117 cm³/mol. The average molecular weight is 373 g/mol. The lowest BCUT2D eigenvalue weighted by Gasteiger charge is -2.24. The van der Waals surface area contributed by atoms with Crippen molar-refractivity contribution in [2.45, 2.75) is 31.2 Å². The summed E-state index contributed by atoms with van der Waals surface area (Å²) in [6, 6.07) is 32.1. The van der Waals surface area contributed by atoms with E-state index in [0.29, 0.717) is 0 Å². The quantitative estimate of drug-likeness (QED) is 0.498. The van der Waals surface area contributed by atoms with Gasteiger partial charge in [0, 0.05) is 5.92 Å². The molecule has 138 valence electrons. The van der Waals surface area contributed by atoms with Crippen LogP contribution in [0.15, 0.2) is 103 Å². The van der Waals surface area contributed by atoms with E-state index in [2.05, 4.69) is 67.3 Å². The van der Waals surface area contributed by atoms with Crippen LogP contribution in [0.1, 0.15) is 28.7 Å². The summed E-state index contributed by atoms with van der Waals surface area (Å²) >= 11 is 0. The molecule has 2 heteroatoms. The second kappa shape index (κ2) is 8.98. The normalized spacial score (nSPS) is 14.2. The van der Waals surface area contributed by atoms with Crippen molar-refractivity contribution in [3.05, 3.63) is 119 Å². The van der Waals surface area contributed by atoms with Gasteiger partial charge in [-0.1, -0.05) is 121 Å². The first-order valence-corrected chi connectivity index (χ1v) is 12.8. The fraction of sp³-hybridized carbons (Fsp3) is 0.200. The van der Waals surface area contributed by atoms with Gasteiger partial charge in [0.1, 0.15) is 0 Å². The van der Waals surface area contributed by atoms with Crippen molar-refractivity contribution < 1.29 is 5.11 Å². The molecule has 1 N–H and O–H groups in total. The van der Waals surface area contributed by atoms with Crippen LogP contribution >= 0.6 is 0 Å². The third kappa shape index (κ3) is 5.52. The summed E-state index contributed by atoms with van der Waals surface area (Å²) in [5.74, 6) is -0.0452. The number of hydrogen-bond acceptors (Lipinski definition) is 1. The van der Waals surface area contributed by atoms with Crippen molar-refractivity contribution in [1.29, 1.82) is 0 Å². The fourth-order valence-electron chi connectivity index (χ4n) is 3.48. The molecule has 0 aliphatic carbocycles. The van der Waals surface area contributed by atoms with Crippen LogP contribution in [0.5, 0.6) is 0 Å². The standard InChI is InChI=1S/C25H28OSi/c1-27(2,20-21-12-6-3-7-13-21)19-18-24(22-14-8-4-9-15-22)25(26)23-16-10-5-11-17-23/h3-19,24-26H,20H2,1-2H3/b19-18+/t24-,25-/m0/s1. The summed E-state index contributed by atoms with van der Waals surface area (Å²) in [5, 5.41) is 11.1. The molecule has 1 nitrogen and oxygen atoms in total. The molecule has 3 aromatic carbocycles. The van der Waals surface area contributed by atoms with Gasteiger partial charge in [0.2, 0.25) is 0 Å². The third-order valence-corrected chi connectivity index (χ3v) is 7.34. The third-order valence-electron chi connectivity index (χ3n) is 4.92. The van der Waals surface area contributed by atoms with E-state index >= 15 is 0 Å². The zero-order valence-corrected chi connectivity index (χ0v) is 17.1. The molecule has 0 fully saturated rings. The molecule has 0 spiro atoms. The predicted octanol–water partition coefficient (Wildman–Crippen LogP) is 6.09. The van der Waals surface area contributed by atoms with Gasteiger partial charge in [-0.2, -0.15) is 0 Å². The minimum absolute atomic E-state index is 0.0452. The Bertz CT molecular complexity index is 841. The Morgan fingerprint density at radius 1 is 0.741 bits per heavy atom. The zero-order chi connectivity index (χ0) is 19.1. The smallest absolute Gasteiger partial charge is 0.0892 e. The highest BCUT2D eigenvalue weighted by molar-refractivity contribution is 6.81. The first-order chi connectivity index (χ1) is 13.1. The van der Waals surface area contributed by atoms with Gasteiger partial charge in [0.25, 0.3) is 0 Å². The molecule has 0 aliphatic heterocycles. The van der Waals surface area contributed by atoms with Crippen LogP contribution in [-0.4, -0.2) is 13.2 Å². The maximum absolute atomic E-state index is 11.1. The number of rotatable bonds is 7. The summed E-state index contributed by atoms with van der Waals surface area (Å²) in [6.07, 6.45) is 1.69. The van der Waals surface area contributed by atoms with E-state index in [1.807, 2.05) is 48.5 Å². The minimum Gasteiger partial charge on any atom is -0.387 e. The van der Waals surface area contributed by atoms with Gasteiger partial charge in [-0.15, -0.1) is 0 Å². The number of aliphatic hydroxyl groups is 1. The zero-order valence-electron chi connectivity index (χ0n) is 16.1. The van der Waals surface area contributed by atoms with E-state index in [4.69, 9.17) is 0 Å². The van der Waals surface area contributed by atoms with Gasteiger partial charge in [0.15, 0.2) is 0 Å². The van der Waals surface area contributed by atoms with Crippen LogP contribution in [0.4, 0.5) is 0 Å². The molecule has 0 aromatic heterocycles. The van der Waals surface area contributed by atoms with Crippen LogP contribution in [0, 0.1) is 0 Å². The first-order valence-electron chi connectivity index (χ1n) is 9.56. The van der Waals surface area contributed by atoms with Gasteiger partial charge >= 0.3 is 0 Å². The van der Waals surface area contributed by atoms with E-state index in [0.717, 1.165) is 17.2 Å². The molecule has 0 saturated carbocycles. The summed E-state index contributed by atoms with van der Waals surface area (Å²) < 4.78 is 0. The lowest BCUT2D eigenvalue weighted by Crippen LogP contribution is -2.27. The van der Waals surface area contributed by atoms with E-state index in [1.165, 1.54) is 5.56 Å². The Labute approximate surface area is 164 Å². The molecule has 3 rings (SSSR count). The topological polar surface area (TPSA) is 20.2 Å². The minimum atomic E-state index is -1.58. The van der Waals surface area contributed by atoms with E-state index in [9.17, 15) is 5.11 Å². The Kier molecular flexibility index (Phi) is 6.43. The average Bonchev–Trinajstić information content (AvgIpc) is 2.70. The van der Waals surface area contributed by atoms with Gasteiger partial charge in [-0.05, 0) is 17.2 Å². The van der Waals surface area contributed by atoms with Crippen molar-refractivity contribution in [3.63, 3.8) is 0 Å². The van der Waals surface area contributed by atoms with Crippen LogP contribution in [0.2, 0.25) is 13.1 Å². The Morgan fingerprint density at radius 2 is 1.22 bits per heavy atom. The van der Waals surface area contributed by atoms with Gasteiger partial charge < -0.3 is 5.11 Å². The number of benzene rings is 3. The molecule has 2 atom stereocenters. The lowest BCUT2D eigenvalue weighted by molar-refractivity contribution is 0.162.